The van der Waals surface area contributed by atoms with E-state index in [1.54, 1.807) is 0 Å². The number of hydrogen-bond donors (Lipinski definition) is 2. The van der Waals surface area contributed by atoms with Crippen LogP contribution in [0.1, 0.15) is 38.5 Å². The van der Waals surface area contributed by atoms with E-state index in [0.717, 1.165) is 25.9 Å². The number of aliphatic carboxylic acids is 1. The quantitative estimate of drug-likeness (QED) is 0.579. The topological polar surface area (TPSA) is 84.9 Å². The fourth-order valence-electron chi connectivity index (χ4n) is 1.88. The minimum Gasteiger partial charge on any atom is -0.481 e. The minimum absolute atomic E-state index is 0.0396. The van der Waals surface area contributed by atoms with Crippen LogP contribution >= 0.6 is 0 Å². The zero-order chi connectivity index (χ0) is 13.9. The summed E-state index contributed by atoms with van der Waals surface area (Å²) in [5.41, 5.74) is 0. The van der Waals surface area contributed by atoms with Crippen LogP contribution in [0.5, 0.6) is 0 Å². The predicted octanol–water partition coefficient (Wildman–Crippen LogP) is 0.943. The Hall–Kier alpha value is -1.14. The van der Waals surface area contributed by atoms with Gasteiger partial charge < -0.3 is 19.9 Å². The number of carbonyl (C=O) groups is 2. The molecule has 19 heavy (non-hydrogen) atoms. The highest BCUT2D eigenvalue weighted by Crippen LogP contribution is 2.11. The number of amides is 1. The highest BCUT2D eigenvalue weighted by molar-refractivity contribution is 5.76. The average Bonchev–Trinajstić information content (AvgIpc) is 2.86. The van der Waals surface area contributed by atoms with E-state index in [9.17, 15) is 9.59 Å². The van der Waals surface area contributed by atoms with Gasteiger partial charge in [-0.2, -0.15) is 0 Å². The first-order valence-corrected chi connectivity index (χ1v) is 6.86. The summed E-state index contributed by atoms with van der Waals surface area (Å²) < 4.78 is 10.9. The maximum absolute atomic E-state index is 11.3. The third-order valence-electron chi connectivity index (χ3n) is 2.91. The number of carboxylic acid groups (broad SMARTS) is 1. The van der Waals surface area contributed by atoms with Gasteiger partial charge in [0.1, 0.15) is 0 Å². The lowest BCUT2D eigenvalue weighted by Crippen LogP contribution is -2.25. The Labute approximate surface area is 113 Å². The summed E-state index contributed by atoms with van der Waals surface area (Å²) in [4.78, 5) is 21.6. The fraction of sp³-hybridized carbons (Fsp3) is 0.846. The molecular weight excluding hydrogens is 250 g/mol. The van der Waals surface area contributed by atoms with Crippen molar-refractivity contribution >= 4 is 11.9 Å². The van der Waals surface area contributed by atoms with Crippen LogP contribution in [0.25, 0.3) is 0 Å². The molecule has 1 amide bonds. The van der Waals surface area contributed by atoms with E-state index in [-0.39, 0.29) is 24.9 Å². The molecule has 1 fully saturated rings. The molecule has 0 aromatic rings. The van der Waals surface area contributed by atoms with Crippen molar-refractivity contribution in [2.75, 3.05) is 26.4 Å². The summed E-state index contributed by atoms with van der Waals surface area (Å²) in [5.74, 6) is -0.962. The summed E-state index contributed by atoms with van der Waals surface area (Å²) in [7, 11) is 0. The molecule has 0 aromatic heterocycles. The van der Waals surface area contributed by atoms with Gasteiger partial charge in [0.05, 0.1) is 12.7 Å². The lowest BCUT2D eigenvalue weighted by Gasteiger charge is -2.10. The lowest BCUT2D eigenvalue weighted by molar-refractivity contribution is -0.137. The van der Waals surface area contributed by atoms with Crippen LogP contribution in [0.2, 0.25) is 0 Å². The summed E-state index contributed by atoms with van der Waals surface area (Å²) in [6.45, 7) is 2.64. The van der Waals surface area contributed by atoms with Crippen molar-refractivity contribution < 1.29 is 24.2 Å². The van der Waals surface area contributed by atoms with Gasteiger partial charge in [-0.05, 0) is 25.7 Å². The van der Waals surface area contributed by atoms with Gasteiger partial charge in [-0.15, -0.1) is 0 Å². The zero-order valence-corrected chi connectivity index (χ0v) is 11.2. The third-order valence-corrected chi connectivity index (χ3v) is 2.91. The second kappa shape index (κ2) is 9.75. The molecule has 1 rings (SSSR count). The first-order chi connectivity index (χ1) is 9.18. The molecule has 1 aliphatic rings. The van der Waals surface area contributed by atoms with E-state index >= 15 is 0 Å². The number of rotatable bonds is 10. The molecule has 0 saturated carbocycles. The van der Waals surface area contributed by atoms with Crippen molar-refractivity contribution in [3.05, 3.63) is 0 Å². The maximum atomic E-state index is 11.3. The zero-order valence-electron chi connectivity index (χ0n) is 11.2. The highest BCUT2D eigenvalue weighted by Gasteiger charge is 2.14. The van der Waals surface area contributed by atoms with Gasteiger partial charge >= 0.3 is 5.97 Å². The molecular formula is C13H23NO5. The van der Waals surface area contributed by atoms with Crippen LogP contribution in [0.3, 0.4) is 0 Å². The molecule has 1 saturated heterocycles. The molecule has 0 aromatic carbocycles. The normalized spacial score (nSPS) is 18.4. The Morgan fingerprint density at radius 3 is 2.84 bits per heavy atom. The van der Waals surface area contributed by atoms with Crippen molar-refractivity contribution in [3.63, 3.8) is 0 Å². The largest absolute Gasteiger partial charge is 0.481 e. The van der Waals surface area contributed by atoms with Gasteiger partial charge in [-0.25, -0.2) is 0 Å². The molecule has 1 aliphatic heterocycles. The summed E-state index contributed by atoms with van der Waals surface area (Å²) in [5, 5.41) is 11.2. The van der Waals surface area contributed by atoms with E-state index in [2.05, 4.69) is 5.32 Å². The Kier molecular flexibility index (Phi) is 8.16. The fourth-order valence-corrected chi connectivity index (χ4v) is 1.88. The molecule has 1 atom stereocenters. The van der Waals surface area contributed by atoms with E-state index in [1.165, 1.54) is 0 Å². The maximum Gasteiger partial charge on any atom is 0.303 e. The van der Waals surface area contributed by atoms with Gasteiger partial charge in [0.15, 0.2) is 0 Å². The number of nitrogens with one attached hydrogen (secondary N) is 1. The third kappa shape index (κ3) is 8.56. The van der Waals surface area contributed by atoms with E-state index in [0.29, 0.717) is 26.2 Å². The Balaban J connectivity index is 1.84. The van der Waals surface area contributed by atoms with Gasteiger partial charge in [-0.1, -0.05) is 0 Å². The van der Waals surface area contributed by atoms with Crippen molar-refractivity contribution in [2.45, 2.75) is 44.6 Å². The molecule has 0 spiro atoms. The first-order valence-electron chi connectivity index (χ1n) is 6.86. The van der Waals surface area contributed by atoms with Crippen LogP contribution in [0, 0.1) is 0 Å². The minimum atomic E-state index is -0.865. The van der Waals surface area contributed by atoms with Crippen LogP contribution in [-0.4, -0.2) is 49.5 Å². The first kappa shape index (κ1) is 15.9. The van der Waals surface area contributed by atoms with Gasteiger partial charge in [0.2, 0.25) is 5.91 Å². The molecule has 1 unspecified atom stereocenters. The van der Waals surface area contributed by atoms with Crippen molar-refractivity contribution in [2.24, 2.45) is 0 Å². The van der Waals surface area contributed by atoms with Crippen LogP contribution in [-0.2, 0) is 19.1 Å². The van der Waals surface area contributed by atoms with E-state index < -0.39 is 5.97 Å². The van der Waals surface area contributed by atoms with Crippen molar-refractivity contribution in [1.82, 2.24) is 5.32 Å². The average molecular weight is 273 g/mol. The number of carboxylic acids is 1. The number of ether oxygens (including phenoxy) is 2. The van der Waals surface area contributed by atoms with Gasteiger partial charge in [0.25, 0.3) is 0 Å². The van der Waals surface area contributed by atoms with Gasteiger partial charge in [0, 0.05) is 32.6 Å². The highest BCUT2D eigenvalue weighted by atomic mass is 16.5. The van der Waals surface area contributed by atoms with Crippen molar-refractivity contribution in [1.29, 1.82) is 0 Å². The molecule has 2 N–H and O–H groups in total. The molecule has 0 aliphatic carbocycles. The molecule has 1 heterocycles. The standard InChI is InChI=1S/C13H23NO5/c15-12(5-1-6-13(16)17)14-7-3-8-18-10-11-4-2-9-19-11/h11H,1-10H2,(H,14,15)(H,16,17). The summed E-state index contributed by atoms with van der Waals surface area (Å²) in [6, 6.07) is 0. The number of hydrogen-bond acceptors (Lipinski definition) is 4. The van der Waals surface area contributed by atoms with Gasteiger partial charge in [-0.3, -0.25) is 9.59 Å². The molecule has 6 nitrogen and oxygen atoms in total. The summed E-state index contributed by atoms with van der Waals surface area (Å²) in [6.07, 6.45) is 3.88. The molecule has 0 radical (unpaired) electrons. The molecule has 6 heteroatoms. The van der Waals surface area contributed by atoms with Crippen LogP contribution < -0.4 is 5.32 Å². The SMILES string of the molecule is O=C(O)CCCC(=O)NCCCOCC1CCCO1. The second-order valence-corrected chi connectivity index (χ2v) is 4.66. The Bertz CT molecular complexity index is 276. The molecule has 0 bridgehead atoms. The van der Waals surface area contributed by atoms with Crippen molar-refractivity contribution in [3.8, 4) is 0 Å². The Morgan fingerprint density at radius 1 is 1.32 bits per heavy atom. The monoisotopic (exact) mass is 273 g/mol. The second-order valence-electron chi connectivity index (χ2n) is 4.66. The number of carbonyl (C=O) groups excluding carboxylic acids is 1. The van der Waals surface area contributed by atoms with Crippen LogP contribution in [0.15, 0.2) is 0 Å². The smallest absolute Gasteiger partial charge is 0.303 e. The molecule has 110 valence electrons. The van der Waals surface area contributed by atoms with Crippen LogP contribution in [0.4, 0.5) is 0 Å². The van der Waals surface area contributed by atoms with E-state index in [1.807, 2.05) is 0 Å². The Morgan fingerprint density at radius 2 is 2.16 bits per heavy atom. The lowest BCUT2D eigenvalue weighted by atomic mass is 10.2. The van der Waals surface area contributed by atoms with E-state index in [4.69, 9.17) is 14.6 Å². The predicted molar refractivity (Wildman–Crippen MR) is 68.9 cm³/mol. The summed E-state index contributed by atoms with van der Waals surface area (Å²) >= 11 is 0.